The van der Waals surface area contributed by atoms with Crippen LogP contribution in [-0.4, -0.2) is 17.5 Å². The summed E-state index contributed by atoms with van der Waals surface area (Å²) in [7, 11) is 0. The fraction of sp³-hybridized carbons (Fsp3) is 0.438. The molecule has 0 saturated carbocycles. The molecule has 0 amide bonds. The molecule has 0 radical (unpaired) electrons. The number of carbonyl (C=O) groups is 1. The standard InChI is InChI=1S/C16H20O2/c1-15(2)13(10-12-8-6-5-7-9-12)14(11-17)16(3,4)18-15/h5-11,14H,1-4H3. The number of ether oxygens (including phenoxy) is 1. The summed E-state index contributed by atoms with van der Waals surface area (Å²) in [5, 5.41) is 0. The third-order valence-electron chi connectivity index (χ3n) is 3.56. The predicted octanol–water partition coefficient (Wildman–Crippen LogP) is 3.47. The highest BCUT2D eigenvalue weighted by Gasteiger charge is 2.49. The second kappa shape index (κ2) is 4.36. The second-order valence-electron chi connectivity index (χ2n) is 5.84. The maximum atomic E-state index is 11.4. The molecule has 0 aromatic heterocycles. The monoisotopic (exact) mass is 244 g/mol. The van der Waals surface area contributed by atoms with E-state index in [2.05, 4.69) is 6.08 Å². The van der Waals surface area contributed by atoms with Crippen molar-refractivity contribution in [2.75, 3.05) is 0 Å². The Kier molecular flexibility index (Phi) is 3.16. The van der Waals surface area contributed by atoms with Crippen LogP contribution in [0.2, 0.25) is 0 Å². The minimum atomic E-state index is -0.439. The van der Waals surface area contributed by atoms with Gasteiger partial charge in [0.25, 0.3) is 0 Å². The van der Waals surface area contributed by atoms with E-state index in [0.717, 1.165) is 17.4 Å². The fourth-order valence-electron chi connectivity index (χ4n) is 2.76. The van der Waals surface area contributed by atoms with Gasteiger partial charge in [-0.05, 0) is 38.8 Å². The molecular weight excluding hydrogens is 224 g/mol. The van der Waals surface area contributed by atoms with Crippen LogP contribution < -0.4 is 0 Å². The maximum Gasteiger partial charge on any atom is 0.130 e. The summed E-state index contributed by atoms with van der Waals surface area (Å²) in [5.41, 5.74) is 1.32. The molecule has 18 heavy (non-hydrogen) atoms. The van der Waals surface area contributed by atoms with Crippen LogP contribution in [0.1, 0.15) is 33.3 Å². The first-order chi connectivity index (χ1) is 8.37. The Morgan fingerprint density at radius 3 is 2.28 bits per heavy atom. The largest absolute Gasteiger partial charge is 0.364 e. The average Bonchev–Trinajstić information content (AvgIpc) is 2.45. The SMILES string of the molecule is CC1(C)OC(C)(C)C(C=O)C1=Cc1ccccc1. The van der Waals surface area contributed by atoms with Crippen molar-refractivity contribution in [2.45, 2.75) is 38.9 Å². The highest BCUT2D eigenvalue weighted by atomic mass is 16.5. The van der Waals surface area contributed by atoms with Crippen molar-refractivity contribution in [3.8, 4) is 0 Å². The van der Waals surface area contributed by atoms with Crippen molar-refractivity contribution in [3.05, 3.63) is 41.5 Å². The van der Waals surface area contributed by atoms with E-state index in [4.69, 9.17) is 4.74 Å². The lowest BCUT2D eigenvalue weighted by atomic mass is 9.82. The topological polar surface area (TPSA) is 26.3 Å². The van der Waals surface area contributed by atoms with Gasteiger partial charge in [-0.25, -0.2) is 0 Å². The average molecular weight is 244 g/mol. The summed E-state index contributed by atoms with van der Waals surface area (Å²) in [6, 6.07) is 10.1. The molecule has 1 heterocycles. The number of hydrogen-bond donors (Lipinski definition) is 0. The lowest BCUT2D eigenvalue weighted by Gasteiger charge is -2.24. The second-order valence-corrected chi connectivity index (χ2v) is 5.84. The molecule has 1 saturated heterocycles. The molecular formula is C16H20O2. The molecule has 2 nitrogen and oxygen atoms in total. The van der Waals surface area contributed by atoms with Crippen molar-refractivity contribution in [1.82, 2.24) is 0 Å². The summed E-state index contributed by atoms with van der Waals surface area (Å²) < 4.78 is 6.02. The van der Waals surface area contributed by atoms with Crippen LogP contribution >= 0.6 is 0 Å². The van der Waals surface area contributed by atoms with Crippen LogP contribution in [0.4, 0.5) is 0 Å². The van der Waals surface area contributed by atoms with Gasteiger partial charge in [0, 0.05) is 0 Å². The minimum Gasteiger partial charge on any atom is -0.364 e. The molecule has 1 aliphatic rings. The van der Waals surface area contributed by atoms with Crippen LogP contribution in [0.25, 0.3) is 6.08 Å². The number of aldehydes is 1. The van der Waals surface area contributed by atoms with Crippen LogP contribution in [0.5, 0.6) is 0 Å². The third-order valence-corrected chi connectivity index (χ3v) is 3.56. The summed E-state index contributed by atoms with van der Waals surface area (Å²) in [6.45, 7) is 7.99. The molecule has 1 atom stereocenters. The molecule has 2 rings (SSSR count). The Morgan fingerprint density at radius 1 is 1.11 bits per heavy atom. The van der Waals surface area contributed by atoms with Crippen molar-refractivity contribution < 1.29 is 9.53 Å². The van der Waals surface area contributed by atoms with Gasteiger partial charge in [0.2, 0.25) is 0 Å². The van der Waals surface area contributed by atoms with E-state index in [9.17, 15) is 4.79 Å². The quantitative estimate of drug-likeness (QED) is 0.745. The van der Waals surface area contributed by atoms with Gasteiger partial charge < -0.3 is 9.53 Å². The van der Waals surface area contributed by atoms with Crippen molar-refractivity contribution in [3.63, 3.8) is 0 Å². The Morgan fingerprint density at radius 2 is 1.72 bits per heavy atom. The lowest BCUT2D eigenvalue weighted by Crippen LogP contribution is -2.30. The zero-order valence-electron chi connectivity index (χ0n) is 11.4. The molecule has 0 aliphatic carbocycles. The van der Waals surface area contributed by atoms with Gasteiger partial charge in [0.15, 0.2) is 0 Å². The van der Waals surface area contributed by atoms with Crippen molar-refractivity contribution in [2.24, 2.45) is 5.92 Å². The van der Waals surface area contributed by atoms with Gasteiger partial charge in [0.1, 0.15) is 6.29 Å². The number of carbonyl (C=O) groups excluding carboxylic acids is 1. The molecule has 1 aromatic carbocycles. The van der Waals surface area contributed by atoms with E-state index >= 15 is 0 Å². The fourth-order valence-corrected chi connectivity index (χ4v) is 2.76. The Hall–Kier alpha value is -1.41. The molecule has 1 aromatic rings. The highest BCUT2D eigenvalue weighted by molar-refractivity contribution is 5.70. The predicted molar refractivity (Wildman–Crippen MR) is 73.2 cm³/mol. The summed E-state index contributed by atoms with van der Waals surface area (Å²) >= 11 is 0. The molecule has 1 unspecified atom stereocenters. The molecule has 0 spiro atoms. The van der Waals surface area contributed by atoms with E-state index in [0.29, 0.717) is 0 Å². The van der Waals surface area contributed by atoms with Crippen molar-refractivity contribution >= 4 is 12.4 Å². The Bertz CT molecular complexity index is 469. The first-order valence-corrected chi connectivity index (χ1v) is 6.29. The first kappa shape index (κ1) is 13.0. The first-order valence-electron chi connectivity index (χ1n) is 6.29. The molecule has 1 aliphatic heterocycles. The number of benzene rings is 1. The van der Waals surface area contributed by atoms with Crippen LogP contribution in [-0.2, 0) is 9.53 Å². The molecule has 2 heteroatoms. The van der Waals surface area contributed by atoms with Crippen LogP contribution in [0.15, 0.2) is 35.9 Å². The summed E-state index contributed by atoms with van der Waals surface area (Å²) in [6.07, 6.45) is 3.08. The van der Waals surface area contributed by atoms with Gasteiger partial charge >= 0.3 is 0 Å². The van der Waals surface area contributed by atoms with Gasteiger partial charge in [-0.15, -0.1) is 0 Å². The smallest absolute Gasteiger partial charge is 0.130 e. The maximum absolute atomic E-state index is 11.4. The van der Waals surface area contributed by atoms with Gasteiger partial charge in [-0.1, -0.05) is 36.4 Å². The summed E-state index contributed by atoms with van der Waals surface area (Å²) in [4.78, 5) is 11.4. The highest BCUT2D eigenvalue weighted by Crippen LogP contribution is 2.46. The minimum absolute atomic E-state index is 0.187. The molecule has 0 bridgehead atoms. The number of rotatable bonds is 2. The van der Waals surface area contributed by atoms with Gasteiger partial charge in [-0.3, -0.25) is 0 Å². The van der Waals surface area contributed by atoms with Crippen molar-refractivity contribution in [1.29, 1.82) is 0 Å². The third kappa shape index (κ3) is 2.25. The van der Waals surface area contributed by atoms with E-state index in [1.165, 1.54) is 0 Å². The zero-order chi connectivity index (χ0) is 13.4. The van der Waals surface area contributed by atoms with E-state index in [-0.39, 0.29) is 5.92 Å². The van der Waals surface area contributed by atoms with Crippen LogP contribution in [0, 0.1) is 5.92 Å². The molecule has 1 fully saturated rings. The van der Waals surface area contributed by atoms with Gasteiger partial charge in [-0.2, -0.15) is 0 Å². The van der Waals surface area contributed by atoms with E-state index in [1.54, 1.807) is 0 Å². The van der Waals surface area contributed by atoms with Gasteiger partial charge in [0.05, 0.1) is 17.1 Å². The normalized spacial score (nSPS) is 27.3. The Labute approximate surface area is 109 Å². The van der Waals surface area contributed by atoms with E-state index in [1.807, 2.05) is 58.0 Å². The van der Waals surface area contributed by atoms with Crippen LogP contribution in [0.3, 0.4) is 0 Å². The Balaban J connectivity index is 2.47. The summed E-state index contributed by atoms with van der Waals surface area (Å²) in [5.74, 6) is -0.187. The number of hydrogen-bond acceptors (Lipinski definition) is 2. The zero-order valence-corrected chi connectivity index (χ0v) is 11.4. The molecule has 0 N–H and O–H groups in total. The molecule has 96 valence electrons. The lowest BCUT2D eigenvalue weighted by molar-refractivity contribution is -0.117. The van der Waals surface area contributed by atoms with E-state index < -0.39 is 11.2 Å².